The molecule has 1 saturated carbocycles. The Morgan fingerprint density at radius 2 is 1.76 bits per heavy atom. The molecule has 2 aliphatic rings. The molecule has 29 heavy (non-hydrogen) atoms. The zero-order valence-corrected chi connectivity index (χ0v) is 20.4. The molecule has 3 N–H and O–H groups in total. The van der Waals surface area contributed by atoms with Crippen LogP contribution in [-0.2, 0) is 14.3 Å². The summed E-state index contributed by atoms with van der Waals surface area (Å²) >= 11 is 0. The fraction of sp³-hybridized carbons (Fsp3) is 0.905. The van der Waals surface area contributed by atoms with Crippen LogP contribution in [0.15, 0.2) is 4.99 Å². The summed E-state index contributed by atoms with van der Waals surface area (Å²) in [6.45, 7) is 8.25. The van der Waals surface area contributed by atoms with Gasteiger partial charge in [0.2, 0.25) is 5.91 Å². The number of amides is 1. The van der Waals surface area contributed by atoms with Crippen molar-refractivity contribution in [2.75, 3.05) is 52.6 Å². The van der Waals surface area contributed by atoms with E-state index in [0.29, 0.717) is 31.3 Å². The minimum absolute atomic E-state index is 0. The maximum atomic E-state index is 12.0. The Morgan fingerprint density at radius 3 is 2.48 bits per heavy atom. The topological polar surface area (TPSA) is 84.0 Å². The van der Waals surface area contributed by atoms with Gasteiger partial charge in [0.15, 0.2) is 5.96 Å². The van der Waals surface area contributed by atoms with Gasteiger partial charge in [0.05, 0.1) is 0 Å². The predicted molar refractivity (Wildman–Crippen MR) is 128 cm³/mol. The number of aliphatic imine (C=N–C) groups is 1. The first-order valence-corrected chi connectivity index (χ1v) is 11.2. The first-order valence-electron chi connectivity index (χ1n) is 11.2. The van der Waals surface area contributed by atoms with Crippen molar-refractivity contribution in [2.24, 2.45) is 16.8 Å². The summed E-state index contributed by atoms with van der Waals surface area (Å²) in [5.74, 6) is 2.23. The van der Waals surface area contributed by atoms with Gasteiger partial charge in [-0.3, -0.25) is 9.79 Å². The standard InChI is InChI=1S/C21H40N4O3.HI/c1-2-22-21(24-10-5-13-28-17-19-8-14-27-15-9-19)25-12-11-23-20(26)16-18-6-3-4-7-18;/h18-19H,2-17H2,1H3,(H,23,26)(H2,22,24,25);1H. The SMILES string of the molecule is CCNC(=NCCCOCC1CCOCC1)NCCNC(=O)CC1CCCC1.I. The lowest BCUT2D eigenvalue weighted by molar-refractivity contribution is -0.121. The fourth-order valence-electron chi connectivity index (χ4n) is 3.79. The van der Waals surface area contributed by atoms with E-state index < -0.39 is 0 Å². The number of nitrogens with zero attached hydrogens (tertiary/aromatic N) is 1. The Hall–Kier alpha value is -0.610. The normalized spacial score (nSPS) is 18.3. The summed E-state index contributed by atoms with van der Waals surface area (Å²) in [4.78, 5) is 16.5. The van der Waals surface area contributed by atoms with Gasteiger partial charge < -0.3 is 25.4 Å². The number of hydrogen-bond acceptors (Lipinski definition) is 4. The van der Waals surface area contributed by atoms with Gasteiger partial charge in [-0.25, -0.2) is 0 Å². The van der Waals surface area contributed by atoms with E-state index in [4.69, 9.17) is 9.47 Å². The molecule has 0 unspecified atom stereocenters. The summed E-state index contributed by atoms with van der Waals surface area (Å²) in [5.41, 5.74) is 0. The molecule has 1 amide bonds. The largest absolute Gasteiger partial charge is 0.381 e. The van der Waals surface area contributed by atoms with Crippen LogP contribution in [0.1, 0.15) is 58.3 Å². The average Bonchev–Trinajstić information content (AvgIpc) is 3.21. The lowest BCUT2D eigenvalue weighted by Gasteiger charge is -2.21. The molecule has 8 heteroatoms. The zero-order chi connectivity index (χ0) is 19.9. The molecule has 2 fully saturated rings. The molecular weight excluding hydrogens is 483 g/mol. The van der Waals surface area contributed by atoms with Gasteiger partial charge in [-0.1, -0.05) is 12.8 Å². The molecule has 0 aromatic rings. The molecular formula is C21H41IN4O3. The van der Waals surface area contributed by atoms with Gasteiger partial charge >= 0.3 is 0 Å². The molecule has 2 rings (SSSR count). The maximum Gasteiger partial charge on any atom is 0.220 e. The van der Waals surface area contributed by atoms with Crippen molar-refractivity contribution in [3.63, 3.8) is 0 Å². The summed E-state index contributed by atoms with van der Waals surface area (Å²) in [5, 5.41) is 9.53. The third-order valence-electron chi connectivity index (χ3n) is 5.44. The molecule has 0 atom stereocenters. The number of hydrogen-bond donors (Lipinski definition) is 3. The van der Waals surface area contributed by atoms with E-state index in [1.807, 2.05) is 0 Å². The Labute approximate surface area is 193 Å². The summed E-state index contributed by atoms with van der Waals surface area (Å²) < 4.78 is 11.1. The first-order chi connectivity index (χ1) is 13.8. The van der Waals surface area contributed by atoms with Crippen LogP contribution in [0.3, 0.4) is 0 Å². The minimum atomic E-state index is 0. The Kier molecular flexibility index (Phi) is 15.6. The monoisotopic (exact) mass is 524 g/mol. The molecule has 0 aromatic heterocycles. The van der Waals surface area contributed by atoms with Gasteiger partial charge in [0.25, 0.3) is 0 Å². The molecule has 1 aliphatic heterocycles. The van der Waals surface area contributed by atoms with E-state index in [-0.39, 0.29) is 29.9 Å². The Balaban J connectivity index is 0.00000420. The van der Waals surface area contributed by atoms with Crippen molar-refractivity contribution in [3.05, 3.63) is 0 Å². The number of halogens is 1. The van der Waals surface area contributed by atoms with Gasteiger partial charge in [0.1, 0.15) is 0 Å². The molecule has 0 bridgehead atoms. The second-order valence-electron chi connectivity index (χ2n) is 7.88. The van der Waals surface area contributed by atoms with Crippen molar-refractivity contribution in [3.8, 4) is 0 Å². The van der Waals surface area contributed by atoms with E-state index in [2.05, 4.69) is 27.9 Å². The third-order valence-corrected chi connectivity index (χ3v) is 5.44. The Bertz CT molecular complexity index is 453. The molecule has 170 valence electrons. The van der Waals surface area contributed by atoms with Crippen molar-refractivity contribution < 1.29 is 14.3 Å². The highest BCUT2D eigenvalue weighted by atomic mass is 127. The number of ether oxygens (including phenoxy) is 2. The van der Waals surface area contributed by atoms with Crippen LogP contribution in [0.4, 0.5) is 0 Å². The quantitative estimate of drug-likeness (QED) is 0.158. The molecule has 1 saturated heterocycles. The second-order valence-corrected chi connectivity index (χ2v) is 7.88. The number of guanidine groups is 1. The number of rotatable bonds is 12. The number of nitrogens with one attached hydrogen (secondary N) is 3. The first kappa shape index (κ1) is 26.4. The lowest BCUT2D eigenvalue weighted by Crippen LogP contribution is -2.41. The molecule has 0 spiro atoms. The fourth-order valence-corrected chi connectivity index (χ4v) is 3.79. The zero-order valence-electron chi connectivity index (χ0n) is 18.0. The van der Waals surface area contributed by atoms with Gasteiger partial charge in [-0.15, -0.1) is 24.0 Å². The summed E-state index contributed by atoms with van der Waals surface area (Å²) in [6.07, 6.45) is 8.81. The van der Waals surface area contributed by atoms with Crippen LogP contribution in [0.2, 0.25) is 0 Å². The van der Waals surface area contributed by atoms with E-state index in [1.54, 1.807) is 0 Å². The maximum absolute atomic E-state index is 12.0. The van der Waals surface area contributed by atoms with E-state index in [9.17, 15) is 4.79 Å². The van der Waals surface area contributed by atoms with Crippen LogP contribution in [0.25, 0.3) is 0 Å². The van der Waals surface area contributed by atoms with Crippen molar-refractivity contribution in [1.29, 1.82) is 0 Å². The number of carbonyl (C=O) groups is 1. The highest BCUT2D eigenvalue weighted by Gasteiger charge is 2.18. The molecule has 0 radical (unpaired) electrons. The summed E-state index contributed by atoms with van der Waals surface area (Å²) in [6, 6.07) is 0. The Morgan fingerprint density at radius 1 is 1.03 bits per heavy atom. The van der Waals surface area contributed by atoms with Crippen LogP contribution >= 0.6 is 24.0 Å². The smallest absolute Gasteiger partial charge is 0.220 e. The third kappa shape index (κ3) is 12.6. The molecule has 1 aliphatic carbocycles. The van der Waals surface area contributed by atoms with Crippen molar-refractivity contribution in [2.45, 2.75) is 58.3 Å². The van der Waals surface area contributed by atoms with Crippen LogP contribution in [-0.4, -0.2) is 64.5 Å². The predicted octanol–water partition coefficient (Wildman–Crippen LogP) is 2.69. The van der Waals surface area contributed by atoms with Gasteiger partial charge in [0, 0.05) is 59.0 Å². The van der Waals surface area contributed by atoms with Crippen molar-refractivity contribution >= 4 is 35.8 Å². The van der Waals surface area contributed by atoms with Crippen LogP contribution in [0, 0.1) is 11.8 Å². The lowest BCUT2D eigenvalue weighted by atomic mass is 10.0. The van der Waals surface area contributed by atoms with Crippen molar-refractivity contribution in [1.82, 2.24) is 16.0 Å². The van der Waals surface area contributed by atoms with Gasteiger partial charge in [-0.2, -0.15) is 0 Å². The van der Waals surface area contributed by atoms with E-state index in [1.165, 1.54) is 25.7 Å². The van der Waals surface area contributed by atoms with Crippen LogP contribution in [0.5, 0.6) is 0 Å². The molecule has 7 nitrogen and oxygen atoms in total. The summed E-state index contributed by atoms with van der Waals surface area (Å²) in [7, 11) is 0. The number of carbonyl (C=O) groups excluding carboxylic acids is 1. The highest BCUT2D eigenvalue weighted by Crippen LogP contribution is 2.27. The highest BCUT2D eigenvalue weighted by molar-refractivity contribution is 14.0. The van der Waals surface area contributed by atoms with E-state index >= 15 is 0 Å². The molecule has 1 heterocycles. The van der Waals surface area contributed by atoms with Crippen LogP contribution < -0.4 is 16.0 Å². The molecule has 0 aromatic carbocycles. The minimum Gasteiger partial charge on any atom is -0.381 e. The van der Waals surface area contributed by atoms with E-state index in [0.717, 1.165) is 64.7 Å². The second kappa shape index (κ2) is 17.1. The average molecular weight is 524 g/mol. The van der Waals surface area contributed by atoms with Gasteiger partial charge in [-0.05, 0) is 50.9 Å².